The van der Waals surface area contributed by atoms with Crippen LogP contribution in [0.25, 0.3) is 11.1 Å². The van der Waals surface area contributed by atoms with Crippen LogP contribution in [0, 0.1) is 41.0 Å². The van der Waals surface area contributed by atoms with Crippen molar-refractivity contribution in [2.75, 3.05) is 0 Å². The predicted molar refractivity (Wildman–Crippen MR) is 112 cm³/mol. The maximum Gasteiger partial charge on any atom is 0.195 e. The van der Waals surface area contributed by atoms with E-state index in [2.05, 4.69) is 6.58 Å². The molecule has 4 unspecified atom stereocenters. The van der Waals surface area contributed by atoms with Crippen molar-refractivity contribution < 1.29 is 17.6 Å². The number of hydrogen-bond acceptors (Lipinski definition) is 0. The Balaban J connectivity index is 1.47. The van der Waals surface area contributed by atoms with Gasteiger partial charge in [0.2, 0.25) is 0 Å². The minimum absolute atomic E-state index is 0.0356. The highest BCUT2D eigenvalue weighted by molar-refractivity contribution is 5.65. The van der Waals surface area contributed by atoms with E-state index in [0.29, 0.717) is 11.8 Å². The van der Waals surface area contributed by atoms with Crippen molar-refractivity contribution in [3.05, 3.63) is 71.8 Å². The fraction of sp³-hybridized carbons (Fsp3) is 0.462. The first-order valence-corrected chi connectivity index (χ1v) is 11.0. The van der Waals surface area contributed by atoms with Crippen molar-refractivity contribution in [1.82, 2.24) is 0 Å². The summed E-state index contributed by atoms with van der Waals surface area (Å²) in [5.74, 6) is -2.22. The monoisotopic (exact) mass is 416 g/mol. The lowest BCUT2D eigenvalue weighted by Crippen LogP contribution is -2.30. The molecule has 4 atom stereocenters. The molecule has 0 amide bonds. The zero-order valence-corrected chi connectivity index (χ0v) is 17.1. The molecule has 2 aliphatic carbocycles. The second-order valence-electron chi connectivity index (χ2n) is 9.04. The first kappa shape index (κ1) is 21.1. The van der Waals surface area contributed by atoms with E-state index >= 15 is 0 Å². The Morgan fingerprint density at radius 3 is 2.30 bits per heavy atom. The minimum Gasteiger partial charge on any atom is -0.206 e. The van der Waals surface area contributed by atoms with Crippen LogP contribution < -0.4 is 0 Å². The van der Waals surface area contributed by atoms with Crippen LogP contribution in [-0.4, -0.2) is 0 Å². The van der Waals surface area contributed by atoms with Crippen molar-refractivity contribution >= 4 is 0 Å². The molecule has 0 saturated heterocycles. The molecule has 160 valence electrons. The Bertz CT molecular complexity index is 919. The van der Waals surface area contributed by atoms with Gasteiger partial charge < -0.3 is 0 Å². The van der Waals surface area contributed by atoms with E-state index in [1.54, 1.807) is 0 Å². The zero-order chi connectivity index (χ0) is 21.3. The van der Waals surface area contributed by atoms with E-state index in [1.165, 1.54) is 44.2 Å². The first-order chi connectivity index (χ1) is 14.5. The third kappa shape index (κ3) is 4.19. The molecule has 2 aliphatic rings. The molecule has 2 saturated carbocycles. The molecule has 30 heavy (non-hydrogen) atoms. The Kier molecular flexibility index (Phi) is 6.31. The van der Waals surface area contributed by atoms with Crippen LogP contribution in [-0.2, 0) is 0 Å². The summed E-state index contributed by atoms with van der Waals surface area (Å²) in [6.45, 7) is 3.83. The summed E-state index contributed by atoms with van der Waals surface area (Å²) >= 11 is 0. The van der Waals surface area contributed by atoms with Gasteiger partial charge in [0.05, 0.1) is 0 Å². The van der Waals surface area contributed by atoms with E-state index in [1.807, 2.05) is 12.1 Å². The Morgan fingerprint density at radius 2 is 1.53 bits per heavy atom. The van der Waals surface area contributed by atoms with E-state index in [0.717, 1.165) is 48.8 Å². The number of allylic oxidation sites excluding steroid dienone is 1. The summed E-state index contributed by atoms with van der Waals surface area (Å²) in [5, 5.41) is 0. The molecule has 0 spiro atoms. The van der Waals surface area contributed by atoms with Gasteiger partial charge >= 0.3 is 0 Å². The van der Waals surface area contributed by atoms with Crippen LogP contribution in [0.3, 0.4) is 0 Å². The lowest BCUT2D eigenvalue weighted by atomic mass is 9.63. The average molecular weight is 417 g/mol. The SMILES string of the molecule is C=CCCC1CCC2CC(c3ccc(-c4ccc(F)c(F)c4F)c(F)c3)CCC2C1. The molecule has 2 fully saturated rings. The summed E-state index contributed by atoms with van der Waals surface area (Å²) in [6, 6.07) is 6.69. The molecule has 0 heterocycles. The molecule has 2 aromatic carbocycles. The van der Waals surface area contributed by atoms with Crippen LogP contribution in [0.1, 0.15) is 62.8 Å². The molecule has 0 aromatic heterocycles. The summed E-state index contributed by atoms with van der Waals surface area (Å²) in [5.41, 5.74) is 0.637. The highest BCUT2D eigenvalue weighted by Gasteiger charge is 2.36. The maximum atomic E-state index is 14.8. The normalized spacial score (nSPS) is 26.3. The Hall–Kier alpha value is -2.10. The molecule has 2 aromatic rings. The number of fused-ring (bicyclic) bond motifs is 1. The summed E-state index contributed by atoms with van der Waals surface area (Å²) in [4.78, 5) is 0. The molecular formula is C26H28F4. The van der Waals surface area contributed by atoms with Gasteiger partial charge in [0.1, 0.15) is 5.82 Å². The topological polar surface area (TPSA) is 0 Å². The van der Waals surface area contributed by atoms with Crippen LogP contribution in [0.4, 0.5) is 17.6 Å². The van der Waals surface area contributed by atoms with E-state index in [-0.39, 0.29) is 11.1 Å². The minimum atomic E-state index is -1.57. The van der Waals surface area contributed by atoms with Crippen molar-refractivity contribution in [2.24, 2.45) is 17.8 Å². The van der Waals surface area contributed by atoms with E-state index < -0.39 is 23.3 Å². The van der Waals surface area contributed by atoms with E-state index in [9.17, 15) is 17.6 Å². The van der Waals surface area contributed by atoms with Crippen LogP contribution >= 0.6 is 0 Å². The summed E-state index contributed by atoms with van der Waals surface area (Å²) < 4.78 is 55.7. The molecule has 0 N–H and O–H groups in total. The van der Waals surface area contributed by atoms with Gasteiger partial charge in [-0.05, 0) is 92.4 Å². The number of halogens is 4. The Morgan fingerprint density at radius 1 is 0.800 bits per heavy atom. The quantitative estimate of drug-likeness (QED) is 0.262. The van der Waals surface area contributed by atoms with Gasteiger partial charge in [-0.3, -0.25) is 0 Å². The summed E-state index contributed by atoms with van der Waals surface area (Å²) in [7, 11) is 0. The largest absolute Gasteiger partial charge is 0.206 e. The Labute approximate surface area is 176 Å². The molecule has 0 bridgehead atoms. The van der Waals surface area contributed by atoms with Crippen LogP contribution in [0.2, 0.25) is 0 Å². The molecule has 0 radical (unpaired) electrons. The molecule has 0 nitrogen and oxygen atoms in total. The maximum absolute atomic E-state index is 14.8. The molecular weight excluding hydrogens is 388 g/mol. The standard InChI is InChI=1S/C26H28F4/c1-2-3-4-16-5-6-18-14-19(8-7-17(18)13-16)20-9-10-21(24(28)15-20)22-11-12-23(27)26(30)25(22)29/h2,9-12,15-19H,1,3-8,13-14H2. The van der Waals surface area contributed by atoms with Gasteiger partial charge in [-0.25, -0.2) is 17.6 Å². The number of hydrogen-bond donors (Lipinski definition) is 0. The third-order valence-electron chi connectivity index (χ3n) is 7.29. The number of benzene rings is 2. The molecule has 0 aliphatic heterocycles. The smallest absolute Gasteiger partial charge is 0.195 e. The van der Waals surface area contributed by atoms with Gasteiger partial charge in [-0.2, -0.15) is 0 Å². The lowest BCUT2D eigenvalue weighted by Gasteiger charge is -2.42. The lowest BCUT2D eigenvalue weighted by molar-refractivity contribution is 0.115. The molecule has 4 rings (SSSR count). The van der Waals surface area contributed by atoms with Gasteiger partial charge in [0, 0.05) is 11.1 Å². The second-order valence-corrected chi connectivity index (χ2v) is 9.04. The van der Waals surface area contributed by atoms with E-state index in [4.69, 9.17) is 0 Å². The van der Waals surface area contributed by atoms with Crippen molar-refractivity contribution in [3.63, 3.8) is 0 Å². The van der Waals surface area contributed by atoms with Gasteiger partial charge in [0.15, 0.2) is 17.5 Å². The van der Waals surface area contributed by atoms with Crippen molar-refractivity contribution in [2.45, 2.75) is 57.3 Å². The third-order valence-corrected chi connectivity index (χ3v) is 7.29. The highest BCUT2D eigenvalue weighted by Crippen LogP contribution is 2.48. The fourth-order valence-electron chi connectivity index (χ4n) is 5.64. The van der Waals surface area contributed by atoms with Crippen LogP contribution in [0.15, 0.2) is 43.0 Å². The summed E-state index contributed by atoms with van der Waals surface area (Å²) in [6.07, 6.45) is 11.4. The highest BCUT2D eigenvalue weighted by atomic mass is 19.2. The van der Waals surface area contributed by atoms with Crippen molar-refractivity contribution in [3.8, 4) is 11.1 Å². The van der Waals surface area contributed by atoms with Crippen molar-refractivity contribution in [1.29, 1.82) is 0 Å². The fourth-order valence-corrected chi connectivity index (χ4v) is 5.64. The zero-order valence-electron chi connectivity index (χ0n) is 17.1. The van der Waals surface area contributed by atoms with Gasteiger partial charge in [-0.15, -0.1) is 6.58 Å². The average Bonchev–Trinajstić information content (AvgIpc) is 2.76. The predicted octanol–water partition coefficient (Wildman–Crippen LogP) is 8.18. The van der Waals surface area contributed by atoms with Gasteiger partial charge in [-0.1, -0.05) is 24.6 Å². The molecule has 4 heteroatoms. The first-order valence-electron chi connectivity index (χ1n) is 11.0. The second kappa shape index (κ2) is 8.95. The van der Waals surface area contributed by atoms with Gasteiger partial charge in [0.25, 0.3) is 0 Å². The van der Waals surface area contributed by atoms with Crippen LogP contribution in [0.5, 0.6) is 0 Å². The number of rotatable bonds is 5.